The number of para-hydroxylation sites is 1. The van der Waals surface area contributed by atoms with Gasteiger partial charge in [0.1, 0.15) is 5.01 Å². The predicted octanol–water partition coefficient (Wildman–Crippen LogP) is 3.28. The molecule has 3 aromatic rings. The van der Waals surface area contributed by atoms with Crippen LogP contribution in [0.15, 0.2) is 48.5 Å². The Hall–Kier alpha value is -3.44. The molecule has 1 heterocycles. The first kappa shape index (κ1) is 17.4. The van der Waals surface area contributed by atoms with Crippen molar-refractivity contribution in [3.63, 3.8) is 0 Å². The Morgan fingerprint density at radius 3 is 2.62 bits per heavy atom. The molecule has 1 atom stereocenters. The second kappa shape index (κ2) is 7.63. The zero-order chi connectivity index (χ0) is 18.5. The van der Waals surface area contributed by atoms with Gasteiger partial charge in [0.15, 0.2) is 6.10 Å². The molecular formula is C18H14N4O3S. The molecule has 1 aromatic heterocycles. The molecule has 0 spiro atoms. The monoisotopic (exact) mass is 366 g/mol. The highest BCUT2D eigenvalue weighted by Crippen LogP contribution is 2.30. The number of anilines is 1. The summed E-state index contributed by atoms with van der Waals surface area (Å²) in [5, 5.41) is 12.2. The molecule has 1 unspecified atom stereocenters. The second-order valence-electron chi connectivity index (χ2n) is 5.34. The normalized spacial score (nSPS) is 11.5. The number of aromatic nitrogens is 1. The standard InChI is InChI=1S/C18H14N4O3S/c19-10-9-14(25-18(20)24)16(23)21-12-7-5-11(6-8-12)17-22-13-3-1-2-4-15(13)26-17/h1-8,14H,9H2,(H2,20,24)(H,21,23). The summed E-state index contributed by atoms with van der Waals surface area (Å²) < 4.78 is 5.75. The summed E-state index contributed by atoms with van der Waals surface area (Å²) in [6.07, 6.45) is -2.63. The van der Waals surface area contributed by atoms with Crippen LogP contribution in [0, 0.1) is 11.3 Å². The summed E-state index contributed by atoms with van der Waals surface area (Å²) in [6, 6.07) is 16.8. The van der Waals surface area contributed by atoms with E-state index >= 15 is 0 Å². The van der Waals surface area contributed by atoms with Gasteiger partial charge in [0.05, 0.1) is 22.7 Å². The van der Waals surface area contributed by atoms with Crippen LogP contribution in [0.5, 0.6) is 0 Å². The number of rotatable bonds is 5. The van der Waals surface area contributed by atoms with E-state index in [1.54, 1.807) is 29.5 Å². The van der Waals surface area contributed by atoms with Gasteiger partial charge in [-0.15, -0.1) is 11.3 Å². The number of carbonyl (C=O) groups excluding carboxylic acids is 2. The number of nitrogens with one attached hydrogen (secondary N) is 1. The van der Waals surface area contributed by atoms with Crippen LogP contribution in [0.1, 0.15) is 6.42 Å². The number of amides is 2. The van der Waals surface area contributed by atoms with E-state index < -0.39 is 18.1 Å². The lowest BCUT2D eigenvalue weighted by Crippen LogP contribution is -2.34. The summed E-state index contributed by atoms with van der Waals surface area (Å²) in [5.41, 5.74) is 7.28. The molecule has 0 aliphatic rings. The van der Waals surface area contributed by atoms with Crippen molar-refractivity contribution in [1.29, 1.82) is 5.26 Å². The van der Waals surface area contributed by atoms with E-state index in [-0.39, 0.29) is 6.42 Å². The fraction of sp³-hybridized carbons (Fsp3) is 0.111. The number of nitrogens with zero attached hydrogens (tertiary/aromatic N) is 2. The number of primary amides is 1. The highest BCUT2D eigenvalue weighted by molar-refractivity contribution is 7.21. The van der Waals surface area contributed by atoms with Crippen molar-refractivity contribution in [3.05, 3.63) is 48.5 Å². The molecule has 8 heteroatoms. The van der Waals surface area contributed by atoms with Crippen molar-refractivity contribution in [2.75, 3.05) is 5.32 Å². The maximum Gasteiger partial charge on any atom is 0.405 e. The van der Waals surface area contributed by atoms with E-state index in [2.05, 4.69) is 15.0 Å². The zero-order valence-electron chi connectivity index (χ0n) is 13.5. The molecule has 3 rings (SSSR count). The number of fused-ring (bicyclic) bond motifs is 1. The summed E-state index contributed by atoms with van der Waals surface area (Å²) in [7, 11) is 0. The molecule has 26 heavy (non-hydrogen) atoms. The SMILES string of the molecule is N#CCC(OC(N)=O)C(=O)Nc1ccc(-c2nc3ccccc3s2)cc1. The van der Waals surface area contributed by atoms with E-state index in [0.717, 1.165) is 20.8 Å². The van der Waals surface area contributed by atoms with Crippen molar-refractivity contribution < 1.29 is 14.3 Å². The van der Waals surface area contributed by atoms with Gasteiger partial charge in [0.2, 0.25) is 0 Å². The molecule has 3 N–H and O–H groups in total. The molecule has 0 aliphatic carbocycles. The van der Waals surface area contributed by atoms with Crippen molar-refractivity contribution in [2.24, 2.45) is 5.73 Å². The summed E-state index contributed by atoms with van der Waals surface area (Å²) in [6.45, 7) is 0. The molecule has 0 saturated heterocycles. The topological polar surface area (TPSA) is 118 Å². The van der Waals surface area contributed by atoms with Crippen LogP contribution in [-0.2, 0) is 9.53 Å². The van der Waals surface area contributed by atoms with Gasteiger partial charge >= 0.3 is 6.09 Å². The molecule has 130 valence electrons. The summed E-state index contributed by atoms with van der Waals surface area (Å²) in [5.74, 6) is -0.613. The largest absolute Gasteiger partial charge is 0.435 e. The van der Waals surface area contributed by atoms with Crippen LogP contribution in [0.4, 0.5) is 10.5 Å². The number of ether oxygens (including phenoxy) is 1. The Labute approximate surface area is 153 Å². The third kappa shape index (κ3) is 3.96. The fourth-order valence-electron chi connectivity index (χ4n) is 2.33. The highest BCUT2D eigenvalue weighted by atomic mass is 32.1. The quantitative estimate of drug-likeness (QED) is 0.718. The van der Waals surface area contributed by atoms with Crippen molar-refractivity contribution in [1.82, 2.24) is 4.98 Å². The van der Waals surface area contributed by atoms with Crippen molar-refractivity contribution in [2.45, 2.75) is 12.5 Å². The Bertz CT molecular complexity index is 959. The number of hydrogen-bond donors (Lipinski definition) is 2. The minimum absolute atomic E-state index is 0.279. The zero-order valence-corrected chi connectivity index (χ0v) is 14.3. The van der Waals surface area contributed by atoms with Crippen LogP contribution >= 0.6 is 11.3 Å². The van der Waals surface area contributed by atoms with Crippen LogP contribution < -0.4 is 11.1 Å². The first-order chi connectivity index (χ1) is 12.6. The summed E-state index contributed by atoms with van der Waals surface area (Å²) in [4.78, 5) is 27.5. The van der Waals surface area contributed by atoms with E-state index in [1.807, 2.05) is 36.4 Å². The van der Waals surface area contributed by atoms with Gasteiger partial charge in [-0.3, -0.25) is 4.79 Å². The minimum Gasteiger partial charge on any atom is -0.435 e. The molecular weight excluding hydrogens is 352 g/mol. The molecule has 2 amide bonds. The number of carbonyl (C=O) groups is 2. The number of thiazole rings is 1. The van der Waals surface area contributed by atoms with Gasteiger partial charge in [-0.05, 0) is 36.4 Å². The van der Waals surface area contributed by atoms with Crippen LogP contribution in [-0.4, -0.2) is 23.1 Å². The Morgan fingerprint density at radius 1 is 1.23 bits per heavy atom. The van der Waals surface area contributed by atoms with Gasteiger partial charge < -0.3 is 15.8 Å². The van der Waals surface area contributed by atoms with E-state index in [4.69, 9.17) is 11.0 Å². The van der Waals surface area contributed by atoms with Gasteiger partial charge in [-0.2, -0.15) is 5.26 Å². The average molecular weight is 366 g/mol. The first-order valence-electron chi connectivity index (χ1n) is 7.67. The van der Waals surface area contributed by atoms with Gasteiger partial charge in [0, 0.05) is 11.3 Å². The van der Waals surface area contributed by atoms with E-state index in [0.29, 0.717) is 5.69 Å². The molecule has 0 radical (unpaired) electrons. The van der Waals surface area contributed by atoms with Gasteiger partial charge in [0.25, 0.3) is 5.91 Å². The molecule has 0 bridgehead atoms. The number of nitrogens with two attached hydrogens (primary N) is 1. The summed E-state index contributed by atoms with van der Waals surface area (Å²) >= 11 is 1.58. The Kier molecular flexibility index (Phi) is 5.10. The first-order valence-corrected chi connectivity index (χ1v) is 8.48. The lowest BCUT2D eigenvalue weighted by molar-refractivity contribution is -0.123. The van der Waals surface area contributed by atoms with Crippen LogP contribution in [0.2, 0.25) is 0 Å². The second-order valence-corrected chi connectivity index (χ2v) is 6.37. The predicted molar refractivity (Wildman–Crippen MR) is 98.4 cm³/mol. The van der Waals surface area contributed by atoms with Crippen LogP contribution in [0.3, 0.4) is 0 Å². The third-order valence-corrected chi connectivity index (χ3v) is 4.61. The maximum absolute atomic E-state index is 12.1. The Balaban J connectivity index is 1.73. The maximum atomic E-state index is 12.1. The molecule has 0 aliphatic heterocycles. The fourth-order valence-corrected chi connectivity index (χ4v) is 3.30. The average Bonchev–Trinajstić information content (AvgIpc) is 3.05. The lowest BCUT2D eigenvalue weighted by atomic mass is 10.2. The van der Waals surface area contributed by atoms with Crippen molar-refractivity contribution in [3.8, 4) is 16.6 Å². The molecule has 2 aromatic carbocycles. The van der Waals surface area contributed by atoms with Crippen molar-refractivity contribution >= 4 is 39.2 Å². The Morgan fingerprint density at radius 2 is 1.96 bits per heavy atom. The van der Waals surface area contributed by atoms with E-state index in [1.165, 1.54) is 0 Å². The third-order valence-electron chi connectivity index (χ3n) is 3.52. The molecule has 0 saturated carbocycles. The number of hydrogen-bond acceptors (Lipinski definition) is 6. The highest BCUT2D eigenvalue weighted by Gasteiger charge is 2.22. The smallest absolute Gasteiger partial charge is 0.405 e. The van der Waals surface area contributed by atoms with E-state index in [9.17, 15) is 9.59 Å². The number of benzene rings is 2. The molecule has 0 fully saturated rings. The minimum atomic E-state index is -1.25. The molecule has 7 nitrogen and oxygen atoms in total. The van der Waals surface area contributed by atoms with Gasteiger partial charge in [-0.1, -0.05) is 12.1 Å². The number of nitriles is 1. The van der Waals surface area contributed by atoms with Gasteiger partial charge in [-0.25, -0.2) is 9.78 Å². The van der Waals surface area contributed by atoms with Crippen LogP contribution in [0.25, 0.3) is 20.8 Å². The lowest BCUT2D eigenvalue weighted by Gasteiger charge is -2.13.